The van der Waals surface area contributed by atoms with Gasteiger partial charge in [-0.3, -0.25) is 0 Å². The Hall–Kier alpha value is -0.960. The molecule has 2 unspecified atom stereocenters. The van der Waals surface area contributed by atoms with Crippen LogP contribution in [0.4, 0.5) is 8.78 Å². The van der Waals surface area contributed by atoms with Crippen molar-refractivity contribution in [2.45, 2.75) is 50.5 Å². The molecule has 0 radical (unpaired) electrons. The monoisotopic (exact) mass is 265 g/mol. The molecule has 19 heavy (non-hydrogen) atoms. The molecule has 0 aromatic heterocycles. The van der Waals surface area contributed by atoms with E-state index in [1.807, 2.05) is 0 Å². The molecule has 2 aliphatic carbocycles. The summed E-state index contributed by atoms with van der Waals surface area (Å²) in [4.78, 5) is 0. The lowest BCUT2D eigenvalue weighted by molar-refractivity contribution is 0.203. The predicted octanol–water partition coefficient (Wildman–Crippen LogP) is 3.81. The molecule has 1 aromatic rings. The summed E-state index contributed by atoms with van der Waals surface area (Å²) < 4.78 is 26.7. The standard InChI is InChI=1S/C16H21F2N/c17-14-6-5-13(15(18)8-14)10-16(19)7-1-2-12(9-16)11-3-4-11/h5-6,8,11-12H,1-4,7,9-10,19H2. The first-order valence-corrected chi connectivity index (χ1v) is 7.29. The molecule has 3 heteroatoms. The summed E-state index contributed by atoms with van der Waals surface area (Å²) in [6.07, 6.45) is 7.57. The smallest absolute Gasteiger partial charge is 0.129 e. The van der Waals surface area contributed by atoms with Crippen molar-refractivity contribution in [2.75, 3.05) is 0 Å². The van der Waals surface area contributed by atoms with Gasteiger partial charge in [0.1, 0.15) is 11.6 Å². The Kier molecular flexibility index (Phi) is 3.34. The van der Waals surface area contributed by atoms with Crippen molar-refractivity contribution in [1.82, 2.24) is 0 Å². The molecular weight excluding hydrogens is 244 g/mol. The molecule has 0 bridgehead atoms. The number of halogens is 2. The lowest BCUT2D eigenvalue weighted by atomic mass is 9.72. The van der Waals surface area contributed by atoms with Crippen LogP contribution in [0.25, 0.3) is 0 Å². The predicted molar refractivity (Wildman–Crippen MR) is 71.7 cm³/mol. The number of nitrogens with two attached hydrogens (primary N) is 1. The van der Waals surface area contributed by atoms with Gasteiger partial charge in [0.25, 0.3) is 0 Å². The fourth-order valence-corrected chi connectivity index (χ4v) is 3.62. The molecule has 1 aromatic carbocycles. The lowest BCUT2D eigenvalue weighted by Gasteiger charge is -2.38. The summed E-state index contributed by atoms with van der Waals surface area (Å²) in [5.41, 5.74) is 6.75. The van der Waals surface area contributed by atoms with Gasteiger partial charge in [0.2, 0.25) is 0 Å². The average Bonchev–Trinajstić information content (AvgIpc) is 3.17. The molecule has 2 saturated carbocycles. The maximum Gasteiger partial charge on any atom is 0.129 e. The van der Waals surface area contributed by atoms with Crippen LogP contribution in [0.5, 0.6) is 0 Å². The van der Waals surface area contributed by atoms with Crippen LogP contribution in [-0.2, 0) is 6.42 Å². The van der Waals surface area contributed by atoms with Crippen LogP contribution in [0.3, 0.4) is 0 Å². The van der Waals surface area contributed by atoms with Gasteiger partial charge in [-0.05, 0) is 55.6 Å². The second-order valence-corrected chi connectivity index (χ2v) is 6.47. The summed E-state index contributed by atoms with van der Waals surface area (Å²) in [5, 5.41) is 0. The van der Waals surface area contributed by atoms with Crippen LogP contribution < -0.4 is 5.73 Å². The van der Waals surface area contributed by atoms with E-state index in [1.54, 1.807) is 6.07 Å². The minimum atomic E-state index is -0.521. The minimum Gasteiger partial charge on any atom is -0.325 e. The van der Waals surface area contributed by atoms with Crippen molar-refractivity contribution < 1.29 is 8.78 Å². The van der Waals surface area contributed by atoms with Gasteiger partial charge in [0.05, 0.1) is 0 Å². The number of rotatable bonds is 3. The summed E-state index contributed by atoms with van der Waals surface area (Å²) in [5.74, 6) is 0.605. The normalized spacial score (nSPS) is 31.4. The van der Waals surface area contributed by atoms with Crippen molar-refractivity contribution in [1.29, 1.82) is 0 Å². The Morgan fingerprint density at radius 3 is 2.63 bits per heavy atom. The molecule has 2 fully saturated rings. The SMILES string of the molecule is NC1(Cc2ccc(F)cc2F)CCCC(C2CC2)C1. The van der Waals surface area contributed by atoms with Crippen molar-refractivity contribution in [3.05, 3.63) is 35.4 Å². The second-order valence-electron chi connectivity index (χ2n) is 6.47. The van der Waals surface area contributed by atoms with Gasteiger partial charge in [0, 0.05) is 11.6 Å². The first-order chi connectivity index (χ1) is 9.06. The van der Waals surface area contributed by atoms with Crippen molar-refractivity contribution in [2.24, 2.45) is 17.6 Å². The first-order valence-electron chi connectivity index (χ1n) is 7.29. The third-order valence-corrected chi connectivity index (χ3v) is 4.76. The molecular formula is C16H21F2N. The summed E-state index contributed by atoms with van der Waals surface area (Å²) in [7, 11) is 0. The zero-order chi connectivity index (χ0) is 13.5. The molecule has 0 spiro atoms. The minimum absolute atomic E-state index is 0.301. The molecule has 1 nitrogen and oxygen atoms in total. The van der Waals surface area contributed by atoms with Gasteiger partial charge in [-0.1, -0.05) is 18.9 Å². The topological polar surface area (TPSA) is 26.0 Å². The highest BCUT2D eigenvalue weighted by Gasteiger charge is 2.40. The van der Waals surface area contributed by atoms with E-state index in [1.165, 1.54) is 25.3 Å². The van der Waals surface area contributed by atoms with Gasteiger partial charge in [-0.2, -0.15) is 0 Å². The van der Waals surface area contributed by atoms with Crippen LogP contribution in [0.15, 0.2) is 18.2 Å². The Bertz CT molecular complexity index is 470. The van der Waals surface area contributed by atoms with Crippen molar-refractivity contribution in [3.63, 3.8) is 0 Å². The Morgan fingerprint density at radius 1 is 1.16 bits per heavy atom. The van der Waals surface area contributed by atoms with E-state index in [0.717, 1.165) is 37.2 Å². The van der Waals surface area contributed by atoms with Gasteiger partial charge >= 0.3 is 0 Å². The van der Waals surface area contributed by atoms with Gasteiger partial charge in [0.15, 0.2) is 0 Å². The number of hydrogen-bond acceptors (Lipinski definition) is 1. The van der Waals surface area contributed by atoms with E-state index in [9.17, 15) is 8.78 Å². The lowest BCUT2D eigenvalue weighted by Crippen LogP contribution is -2.46. The van der Waals surface area contributed by atoms with Crippen molar-refractivity contribution in [3.8, 4) is 0 Å². The van der Waals surface area contributed by atoms with E-state index in [4.69, 9.17) is 5.73 Å². The Balaban J connectivity index is 1.73. The summed E-state index contributed by atoms with van der Waals surface area (Å²) in [6, 6.07) is 3.82. The molecule has 2 aliphatic rings. The maximum atomic E-state index is 13.7. The zero-order valence-electron chi connectivity index (χ0n) is 11.2. The van der Waals surface area contributed by atoms with Crippen LogP contribution in [-0.4, -0.2) is 5.54 Å². The molecule has 0 aliphatic heterocycles. The van der Waals surface area contributed by atoms with Gasteiger partial charge < -0.3 is 5.73 Å². The van der Waals surface area contributed by atoms with Crippen LogP contribution >= 0.6 is 0 Å². The first kappa shape index (κ1) is 13.0. The van der Waals surface area contributed by atoms with E-state index in [2.05, 4.69) is 0 Å². The highest BCUT2D eigenvalue weighted by Crippen LogP contribution is 2.46. The average molecular weight is 265 g/mol. The van der Waals surface area contributed by atoms with Crippen LogP contribution in [0.2, 0.25) is 0 Å². The third kappa shape index (κ3) is 2.97. The molecule has 0 saturated heterocycles. The van der Waals surface area contributed by atoms with Crippen molar-refractivity contribution >= 4 is 0 Å². The fraction of sp³-hybridized carbons (Fsp3) is 0.625. The van der Waals surface area contributed by atoms with Crippen LogP contribution in [0, 0.1) is 23.5 Å². The molecule has 0 heterocycles. The Morgan fingerprint density at radius 2 is 1.95 bits per heavy atom. The third-order valence-electron chi connectivity index (χ3n) is 4.76. The Labute approximate surface area is 113 Å². The number of hydrogen-bond donors (Lipinski definition) is 1. The largest absolute Gasteiger partial charge is 0.325 e. The molecule has 2 atom stereocenters. The van der Waals surface area contributed by atoms with E-state index >= 15 is 0 Å². The zero-order valence-corrected chi connectivity index (χ0v) is 11.2. The summed E-state index contributed by atoms with van der Waals surface area (Å²) in [6.45, 7) is 0. The quantitative estimate of drug-likeness (QED) is 0.883. The fourth-order valence-electron chi connectivity index (χ4n) is 3.62. The number of benzene rings is 1. The second kappa shape index (κ2) is 4.86. The molecule has 0 amide bonds. The summed E-state index contributed by atoms with van der Waals surface area (Å²) >= 11 is 0. The highest BCUT2D eigenvalue weighted by atomic mass is 19.1. The van der Waals surface area contributed by atoms with Gasteiger partial charge in [-0.15, -0.1) is 0 Å². The highest BCUT2D eigenvalue weighted by molar-refractivity contribution is 5.21. The molecule has 104 valence electrons. The maximum absolute atomic E-state index is 13.7. The van der Waals surface area contributed by atoms with E-state index in [0.29, 0.717) is 12.0 Å². The molecule has 3 rings (SSSR count). The van der Waals surface area contributed by atoms with Crippen LogP contribution in [0.1, 0.15) is 44.1 Å². The van der Waals surface area contributed by atoms with E-state index < -0.39 is 11.6 Å². The molecule has 2 N–H and O–H groups in total. The van der Waals surface area contributed by atoms with Gasteiger partial charge in [-0.25, -0.2) is 8.78 Å². The van der Waals surface area contributed by atoms with E-state index in [-0.39, 0.29) is 5.54 Å².